The average Bonchev–Trinajstić information content (AvgIpc) is 2.68. The lowest BCUT2D eigenvalue weighted by Crippen LogP contribution is -2.39. The molecule has 1 aromatic rings. The number of carbonyl (C=O) groups is 1. The van der Waals surface area contributed by atoms with Crippen molar-refractivity contribution in [1.82, 2.24) is 16.0 Å². The highest BCUT2D eigenvalue weighted by Gasteiger charge is 2.09. The van der Waals surface area contributed by atoms with Crippen molar-refractivity contribution in [3.8, 4) is 0 Å². The molecular formula is C22H38N4O2. The number of amides is 1. The Morgan fingerprint density at radius 1 is 1.14 bits per heavy atom. The van der Waals surface area contributed by atoms with E-state index < -0.39 is 0 Å². The van der Waals surface area contributed by atoms with Gasteiger partial charge in [-0.15, -0.1) is 0 Å². The molecule has 0 bridgehead atoms. The van der Waals surface area contributed by atoms with E-state index in [0.29, 0.717) is 31.2 Å². The van der Waals surface area contributed by atoms with Crippen molar-refractivity contribution < 1.29 is 9.53 Å². The van der Waals surface area contributed by atoms with E-state index in [2.05, 4.69) is 41.7 Å². The van der Waals surface area contributed by atoms with E-state index in [4.69, 9.17) is 4.74 Å². The van der Waals surface area contributed by atoms with Crippen LogP contribution < -0.4 is 16.0 Å². The van der Waals surface area contributed by atoms with Gasteiger partial charge in [0.05, 0.1) is 13.2 Å². The fraction of sp³-hybridized carbons (Fsp3) is 0.636. The molecule has 0 fully saturated rings. The second kappa shape index (κ2) is 14.0. The van der Waals surface area contributed by atoms with Gasteiger partial charge in [0, 0.05) is 31.3 Å². The van der Waals surface area contributed by atoms with E-state index in [1.165, 1.54) is 0 Å². The normalized spacial score (nSPS) is 12.7. The van der Waals surface area contributed by atoms with E-state index in [9.17, 15) is 4.79 Å². The summed E-state index contributed by atoms with van der Waals surface area (Å²) in [5.41, 5.74) is 1.67. The van der Waals surface area contributed by atoms with Gasteiger partial charge in [0.15, 0.2) is 5.96 Å². The Labute approximate surface area is 170 Å². The summed E-state index contributed by atoms with van der Waals surface area (Å²) in [7, 11) is 0. The largest absolute Gasteiger partial charge is 0.380 e. The first-order valence-electron chi connectivity index (χ1n) is 10.5. The maximum atomic E-state index is 12.3. The van der Waals surface area contributed by atoms with Gasteiger partial charge in [0.2, 0.25) is 0 Å². The number of guanidine groups is 1. The predicted molar refractivity (Wildman–Crippen MR) is 117 cm³/mol. The molecule has 28 heavy (non-hydrogen) atoms. The number of aliphatic imine (C=N–C) groups is 1. The van der Waals surface area contributed by atoms with Crippen LogP contribution in [-0.2, 0) is 11.3 Å². The number of ether oxygens (including phenoxy) is 1. The molecule has 1 aromatic carbocycles. The Morgan fingerprint density at radius 2 is 1.93 bits per heavy atom. The lowest BCUT2D eigenvalue weighted by atomic mass is 10.1. The molecular weight excluding hydrogens is 352 g/mol. The second-order valence-electron chi connectivity index (χ2n) is 7.40. The molecule has 0 aromatic heterocycles. The molecule has 6 heteroatoms. The van der Waals surface area contributed by atoms with Gasteiger partial charge in [0.25, 0.3) is 5.91 Å². The molecule has 1 atom stereocenters. The third kappa shape index (κ3) is 10.3. The molecule has 1 amide bonds. The maximum Gasteiger partial charge on any atom is 0.251 e. The van der Waals surface area contributed by atoms with Crippen LogP contribution in [0.4, 0.5) is 0 Å². The van der Waals surface area contributed by atoms with Crippen LogP contribution >= 0.6 is 0 Å². The minimum atomic E-state index is -0.0382. The van der Waals surface area contributed by atoms with Gasteiger partial charge >= 0.3 is 0 Å². The quantitative estimate of drug-likeness (QED) is 0.291. The lowest BCUT2D eigenvalue weighted by molar-refractivity contribution is 0.0939. The number of rotatable bonds is 12. The summed E-state index contributed by atoms with van der Waals surface area (Å²) in [4.78, 5) is 16.9. The Bertz CT molecular complexity index is 602. The van der Waals surface area contributed by atoms with Crippen LogP contribution in [0.25, 0.3) is 0 Å². The van der Waals surface area contributed by atoms with Gasteiger partial charge in [0.1, 0.15) is 0 Å². The monoisotopic (exact) mass is 390 g/mol. The summed E-state index contributed by atoms with van der Waals surface area (Å²) in [6.45, 7) is 13.9. The van der Waals surface area contributed by atoms with Crippen LogP contribution in [0.5, 0.6) is 0 Å². The Morgan fingerprint density at radius 3 is 2.61 bits per heavy atom. The maximum absolute atomic E-state index is 12.3. The Kier molecular flexibility index (Phi) is 12.0. The molecule has 0 saturated heterocycles. The van der Waals surface area contributed by atoms with Gasteiger partial charge in [-0.2, -0.15) is 0 Å². The molecule has 6 nitrogen and oxygen atoms in total. The number of nitrogens with zero attached hydrogens (tertiary/aromatic N) is 1. The first kappa shape index (κ1) is 24.0. The van der Waals surface area contributed by atoms with E-state index in [-0.39, 0.29) is 11.9 Å². The van der Waals surface area contributed by atoms with Crippen molar-refractivity contribution in [2.75, 3.05) is 26.3 Å². The molecule has 0 aliphatic heterocycles. The fourth-order valence-corrected chi connectivity index (χ4v) is 2.39. The summed E-state index contributed by atoms with van der Waals surface area (Å²) in [5, 5.41) is 9.52. The smallest absolute Gasteiger partial charge is 0.251 e. The third-order valence-corrected chi connectivity index (χ3v) is 4.32. The average molecular weight is 391 g/mol. The molecule has 0 aliphatic rings. The zero-order valence-corrected chi connectivity index (χ0v) is 18.2. The van der Waals surface area contributed by atoms with E-state index in [1.54, 1.807) is 0 Å². The predicted octanol–water partition coefficient (Wildman–Crippen LogP) is 3.33. The summed E-state index contributed by atoms with van der Waals surface area (Å²) in [5.74, 6) is 1.38. The minimum Gasteiger partial charge on any atom is -0.380 e. The fourth-order valence-electron chi connectivity index (χ4n) is 2.39. The van der Waals surface area contributed by atoms with Crippen molar-refractivity contribution in [3.63, 3.8) is 0 Å². The van der Waals surface area contributed by atoms with Gasteiger partial charge < -0.3 is 20.7 Å². The number of hydrogen-bond donors (Lipinski definition) is 3. The van der Waals surface area contributed by atoms with E-state index >= 15 is 0 Å². The minimum absolute atomic E-state index is 0.0382. The summed E-state index contributed by atoms with van der Waals surface area (Å²) < 4.78 is 5.63. The molecule has 0 heterocycles. The molecule has 0 saturated carbocycles. The van der Waals surface area contributed by atoms with Gasteiger partial charge in [-0.05, 0) is 50.3 Å². The van der Waals surface area contributed by atoms with Crippen LogP contribution in [0, 0.1) is 5.92 Å². The summed E-state index contributed by atoms with van der Waals surface area (Å²) in [6.07, 6.45) is 1.99. The van der Waals surface area contributed by atoms with E-state index in [0.717, 1.165) is 37.5 Å². The van der Waals surface area contributed by atoms with Crippen molar-refractivity contribution in [2.24, 2.45) is 10.9 Å². The van der Waals surface area contributed by atoms with Gasteiger partial charge in [-0.25, -0.2) is 4.99 Å². The van der Waals surface area contributed by atoms with E-state index in [1.807, 2.05) is 38.1 Å². The van der Waals surface area contributed by atoms with Crippen molar-refractivity contribution in [2.45, 2.75) is 60.0 Å². The highest BCUT2D eigenvalue weighted by molar-refractivity contribution is 5.94. The number of carbonyl (C=O) groups excluding carboxylic acids is 1. The highest BCUT2D eigenvalue weighted by Crippen LogP contribution is 2.07. The standard InChI is InChI=1S/C22H38N4O2/c1-6-18(5)26-21(27)20-10-8-9-19(15-20)16-25-22(23-7-2)24-12-14-28-13-11-17(3)4/h8-10,15,17-18H,6-7,11-14,16H2,1-5H3,(H,26,27)(H2,23,24,25). The molecule has 1 unspecified atom stereocenters. The lowest BCUT2D eigenvalue weighted by Gasteiger charge is -2.13. The molecule has 0 spiro atoms. The zero-order chi connectivity index (χ0) is 20.8. The first-order valence-corrected chi connectivity index (χ1v) is 10.5. The first-order chi connectivity index (χ1) is 13.5. The van der Waals surface area contributed by atoms with Gasteiger partial charge in [-0.3, -0.25) is 4.79 Å². The number of benzene rings is 1. The SMILES string of the molecule is CCNC(=NCc1cccc(C(=O)NC(C)CC)c1)NCCOCCC(C)C. The molecule has 3 N–H and O–H groups in total. The third-order valence-electron chi connectivity index (χ3n) is 4.32. The zero-order valence-electron chi connectivity index (χ0n) is 18.2. The van der Waals surface area contributed by atoms with Crippen molar-refractivity contribution in [3.05, 3.63) is 35.4 Å². The Balaban J connectivity index is 2.54. The number of hydrogen-bond acceptors (Lipinski definition) is 3. The van der Waals surface area contributed by atoms with Crippen molar-refractivity contribution >= 4 is 11.9 Å². The Hall–Kier alpha value is -2.08. The van der Waals surface area contributed by atoms with Crippen LogP contribution in [0.15, 0.2) is 29.3 Å². The highest BCUT2D eigenvalue weighted by atomic mass is 16.5. The van der Waals surface area contributed by atoms with Crippen LogP contribution in [0.1, 0.15) is 63.4 Å². The second-order valence-corrected chi connectivity index (χ2v) is 7.40. The molecule has 0 radical (unpaired) electrons. The molecule has 158 valence electrons. The van der Waals surface area contributed by atoms with Crippen LogP contribution in [-0.4, -0.2) is 44.2 Å². The van der Waals surface area contributed by atoms with Crippen LogP contribution in [0.2, 0.25) is 0 Å². The molecule has 0 aliphatic carbocycles. The summed E-state index contributed by atoms with van der Waals surface area (Å²) >= 11 is 0. The summed E-state index contributed by atoms with van der Waals surface area (Å²) in [6, 6.07) is 7.80. The van der Waals surface area contributed by atoms with Gasteiger partial charge in [-0.1, -0.05) is 32.9 Å². The van der Waals surface area contributed by atoms with Crippen LogP contribution in [0.3, 0.4) is 0 Å². The number of nitrogens with one attached hydrogen (secondary N) is 3. The topological polar surface area (TPSA) is 74.8 Å². The van der Waals surface area contributed by atoms with Crippen molar-refractivity contribution in [1.29, 1.82) is 0 Å². The molecule has 1 rings (SSSR count).